The van der Waals surface area contributed by atoms with Crippen molar-refractivity contribution in [3.05, 3.63) is 60.2 Å². The van der Waals surface area contributed by atoms with E-state index in [0.29, 0.717) is 10.6 Å². The third-order valence-corrected chi connectivity index (χ3v) is 8.61. The number of anilines is 1. The maximum absolute atomic E-state index is 12.6. The molecule has 5 heteroatoms. The Kier molecular flexibility index (Phi) is 4.99. The fourth-order valence-corrected chi connectivity index (χ4v) is 8.01. The number of rotatable bonds is 5. The molecule has 0 heterocycles. The standard InChI is InChI=1S/C13H12NO2S.3CH3.Sn/c1-11-7-5-6-10-13(11)17(15,16)14-12-8-3-2-4-9-12;;;;/h2-10,14H,1H2;3*1H3;. The molecule has 0 bridgehead atoms. The molecule has 0 saturated carbocycles. The molecule has 0 radical (unpaired) electrons. The van der Waals surface area contributed by atoms with Crippen LogP contribution in [0.15, 0.2) is 59.5 Å². The molecular formula is C16H21NO2SSn. The van der Waals surface area contributed by atoms with Gasteiger partial charge in [-0.2, -0.15) is 0 Å². The number of hydrogen-bond donors (Lipinski definition) is 1. The second-order valence-electron chi connectivity index (χ2n) is 6.32. The van der Waals surface area contributed by atoms with Crippen LogP contribution in [-0.4, -0.2) is 26.8 Å². The molecule has 0 aromatic heterocycles. The summed E-state index contributed by atoms with van der Waals surface area (Å²) < 4.78 is 28.8. The molecular weight excluding hydrogens is 389 g/mol. The minimum absolute atomic E-state index is 0.403. The maximum atomic E-state index is 12.6. The van der Waals surface area contributed by atoms with Crippen LogP contribution >= 0.6 is 0 Å². The van der Waals surface area contributed by atoms with E-state index in [-0.39, 0.29) is 0 Å². The average molecular weight is 410 g/mol. The van der Waals surface area contributed by atoms with Gasteiger partial charge in [0.2, 0.25) is 0 Å². The summed E-state index contributed by atoms with van der Waals surface area (Å²) in [6, 6.07) is 16.3. The predicted octanol–water partition coefficient (Wildman–Crippen LogP) is 3.91. The van der Waals surface area contributed by atoms with Gasteiger partial charge in [0.1, 0.15) is 0 Å². The molecule has 0 fully saturated rings. The molecule has 0 spiro atoms. The van der Waals surface area contributed by atoms with E-state index in [4.69, 9.17) is 0 Å². The molecule has 2 rings (SSSR count). The Hall–Kier alpha value is -1.01. The summed E-state index contributed by atoms with van der Waals surface area (Å²) in [6.45, 7) is 0. The van der Waals surface area contributed by atoms with Gasteiger partial charge in [-0.05, 0) is 0 Å². The van der Waals surface area contributed by atoms with Gasteiger partial charge in [0.05, 0.1) is 0 Å². The molecule has 2 aromatic carbocycles. The summed E-state index contributed by atoms with van der Waals surface area (Å²) in [6.07, 6.45) is 0. The first kappa shape index (κ1) is 16.4. The van der Waals surface area contributed by atoms with E-state index >= 15 is 0 Å². The van der Waals surface area contributed by atoms with Gasteiger partial charge < -0.3 is 0 Å². The Bertz CT molecular complexity index is 707. The first-order valence-corrected chi connectivity index (χ1v) is 19.0. The SMILES string of the molecule is [CH3][Sn]([CH3])([CH3])[CH2]c1ccccc1S(=O)(=O)Nc1ccccc1. The van der Waals surface area contributed by atoms with Crippen molar-refractivity contribution in [2.24, 2.45) is 0 Å². The second-order valence-corrected chi connectivity index (χ2v) is 23.6. The van der Waals surface area contributed by atoms with Gasteiger partial charge in [0.25, 0.3) is 0 Å². The molecule has 112 valence electrons. The number of nitrogens with one attached hydrogen (secondary N) is 1. The van der Waals surface area contributed by atoms with E-state index in [1.807, 2.05) is 30.3 Å². The third-order valence-electron chi connectivity index (χ3n) is 3.01. The van der Waals surface area contributed by atoms with Crippen LogP contribution in [0.5, 0.6) is 0 Å². The molecule has 0 amide bonds. The van der Waals surface area contributed by atoms with Crippen LogP contribution in [-0.2, 0) is 14.5 Å². The Morgan fingerprint density at radius 2 is 1.48 bits per heavy atom. The van der Waals surface area contributed by atoms with Crippen molar-refractivity contribution in [1.29, 1.82) is 0 Å². The Morgan fingerprint density at radius 1 is 0.905 bits per heavy atom. The van der Waals surface area contributed by atoms with Gasteiger partial charge in [-0.25, -0.2) is 0 Å². The summed E-state index contributed by atoms with van der Waals surface area (Å²) in [5, 5.41) is 0. The van der Waals surface area contributed by atoms with Crippen molar-refractivity contribution >= 4 is 34.1 Å². The molecule has 21 heavy (non-hydrogen) atoms. The molecule has 0 aliphatic carbocycles. The van der Waals surface area contributed by atoms with Crippen LogP contribution in [0.3, 0.4) is 0 Å². The number of hydrogen-bond acceptors (Lipinski definition) is 2. The molecule has 0 saturated heterocycles. The van der Waals surface area contributed by atoms with E-state index in [2.05, 4.69) is 19.5 Å². The molecule has 0 aliphatic heterocycles. The van der Waals surface area contributed by atoms with Crippen molar-refractivity contribution in [3.8, 4) is 0 Å². The second kappa shape index (κ2) is 6.40. The summed E-state index contributed by atoms with van der Waals surface area (Å²) >= 11 is -2.12. The van der Waals surface area contributed by atoms with Crippen molar-refractivity contribution in [2.75, 3.05) is 4.72 Å². The summed E-state index contributed by atoms with van der Waals surface area (Å²) in [4.78, 5) is 7.33. The topological polar surface area (TPSA) is 46.2 Å². The van der Waals surface area contributed by atoms with Gasteiger partial charge in [-0.15, -0.1) is 0 Å². The Labute approximate surface area is 131 Å². The zero-order chi connectivity index (χ0) is 15.5. The van der Waals surface area contributed by atoms with E-state index in [0.717, 1.165) is 10.0 Å². The van der Waals surface area contributed by atoms with Gasteiger partial charge >= 0.3 is 132 Å². The molecule has 2 aromatic rings. The normalized spacial score (nSPS) is 12.1. The molecule has 3 nitrogen and oxygen atoms in total. The van der Waals surface area contributed by atoms with Crippen molar-refractivity contribution < 1.29 is 8.42 Å². The monoisotopic (exact) mass is 411 g/mol. The van der Waals surface area contributed by atoms with Crippen LogP contribution in [0.1, 0.15) is 5.56 Å². The fraction of sp³-hybridized carbons (Fsp3) is 0.250. The first-order chi connectivity index (χ1) is 9.78. The quantitative estimate of drug-likeness (QED) is 0.761. The van der Waals surface area contributed by atoms with Gasteiger partial charge in [0, 0.05) is 0 Å². The van der Waals surface area contributed by atoms with E-state index in [1.165, 1.54) is 0 Å². The van der Waals surface area contributed by atoms with Crippen LogP contribution in [0.2, 0.25) is 14.8 Å². The van der Waals surface area contributed by atoms with Crippen molar-refractivity contribution in [2.45, 2.75) is 24.2 Å². The summed E-state index contributed by atoms with van der Waals surface area (Å²) in [7, 11) is -3.53. The average Bonchev–Trinajstić information content (AvgIpc) is 2.38. The van der Waals surface area contributed by atoms with Gasteiger partial charge in [-0.1, -0.05) is 0 Å². The van der Waals surface area contributed by atoms with Gasteiger partial charge in [-0.3, -0.25) is 0 Å². The van der Waals surface area contributed by atoms with Crippen molar-refractivity contribution in [3.63, 3.8) is 0 Å². The Balaban J connectivity index is 2.37. The van der Waals surface area contributed by atoms with Crippen LogP contribution < -0.4 is 4.72 Å². The van der Waals surface area contributed by atoms with Crippen LogP contribution in [0.25, 0.3) is 0 Å². The van der Waals surface area contributed by atoms with Crippen LogP contribution in [0, 0.1) is 0 Å². The number of benzene rings is 2. The number of sulfonamides is 1. The summed E-state index contributed by atoms with van der Waals surface area (Å²) in [5.41, 5.74) is 1.52. The summed E-state index contributed by atoms with van der Waals surface area (Å²) in [5.74, 6) is 0. The minimum atomic E-state index is -3.53. The zero-order valence-electron chi connectivity index (χ0n) is 12.6. The van der Waals surface area contributed by atoms with Crippen molar-refractivity contribution in [1.82, 2.24) is 0 Å². The third kappa shape index (κ3) is 4.74. The van der Waals surface area contributed by atoms with Gasteiger partial charge in [0.15, 0.2) is 0 Å². The zero-order valence-corrected chi connectivity index (χ0v) is 16.3. The first-order valence-electron chi connectivity index (χ1n) is 6.94. The molecule has 0 aliphatic rings. The van der Waals surface area contributed by atoms with E-state index < -0.39 is 28.4 Å². The van der Waals surface area contributed by atoms with E-state index in [9.17, 15) is 8.42 Å². The molecule has 1 N–H and O–H groups in total. The Morgan fingerprint density at radius 3 is 2.10 bits per heavy atom. The predicted molar refractivity (Wildman–Crippen MR) is 90.7 cm³/mol. The number of para-hydroxylation sites is 1. The van der Waals surface area contributed by atoms with E-state index in [1.54, 1.807) is 24.3 Å². The van der Waals surface area contributed by atoms with Crippen LogP contribution in [0.4, 0.5) is 5.69 Å². The molecule has 0 atom stereocenters. The molecule has 0 unspecified atom stereocenters. The fourth-order valence-electron chi connectivity index (χ4n) is 2.20.